The minimum Gasteiger partial charge on any atom is -0.464 e. The summed E-state index contributed by atoms with van der Waals surface area (Å²) in [4.78, 5) is 28.2. The molecule has 1 aliphatic rings. The first-order chi connectivity index (χ1) is 10.6. The number of unbranched alkanes of at least 4 members (excludes halogenated alkanes) is 1. The zero-order chi connectivity index (χ0) is 16.4. The molecule has 1 fully saturated rings. The number of nitrogens with zero attached hydrogens (tertiary/aromatic N) is 2. The Hall–Kier alpha value is -1.14. The molecule has 1 aliphatic heterocycles. The summed E-state index contributed by atoms with van der Waals surface area (Å²) in [6.45, 7) is 6.41. The van der Waals surface area contributed by atoms with Crippen molar-refractivity contribution in [3.63, 3.8) is 0 Å². The monoisotopic (exact) mass is 314 g/mol. The van der Waals surface area contributed by atoms with Crippen LogP contribution in [0.1, 0.15) is 46.0 Å². The molecular weight excluding hydrogens is 284 g/mol. The highest BCUT2D eigenvalue weighted by molar-refractivity contribution is 5.85. The van der Waals surface area contributed by atoms with E-state index in [0.29, 0.717) is 26.1 Å². The van der Waals surface area contributed by atoms with Gasteiger partial charge in [0.05, 0.1) is 19.8 Å². The van der Waals surface area contributed by atoms with Gasteiger partial charge in [-0.1, -0.05) is 13.3 Å². The van der Waals surface area contributed by atoms with Gasteiger partial charge in [0.2, 0.25) is 5.91 Å². The fourth-order valence-corrected chi connectivity index (χ4v) is 2.79. The second-order valence-electron chi connectivity index (χ2n) is 5.70. The molecular formula is C16H30N2O4. The number of aliphatic hydroxyl groups is 1. The quantitative estimate of drug-likeness (QED) is 0.644. The molecule has 1 saturated heterocycles. The zero-order valence-corrected chi connectivity index (χ0v) is 13.9. The molecule has 6 heteroatoms. The third kappa shape index (κ3) is 5.93. The van der Waals surface area contributed by atoms with Crippen molar-refractivity contribution in [2.75, 3.05) is 39.4 Å². The molecule has 0 spiro atoms. The van der Waals surface area contributed by atoms with E-state index in [2.05, 4.69) is 6.92 Å². The molecule has 1 N–H and O–H groups in total. The molecule has 1 heterocycles. The Labute approximate surface area is 133 Å². The number of aliphatic hydroxyl groups excluding tert-OH is 1. The minimum absolute atomic E-state index is 0.0395. The van der Waals surface area contributed by atoms with Gasteiger partial charge >= 0.3 is 5.97 Å². The highest BCUT2D eigenvalue weighted by Gasteiger charge is 2.33. The summed E-state index contributed by atoms with van der Waals surface area (Å²) >= 11 is 0. The van der Waals surface area contributed by atoms with Crippen molar-refractivity contribution in [3.05, 3.63) is 0 Å². The van der Waals surface area contributed by atoms with Crippen LogP contribution in [0.15, 0.2) is 0 Å². The summed E-state index contributed by atoms with van der Waals surface area (Å²) in [6, 6.07) is -0.441. The first-order valence-corrected chi connectivity index (χ1v) is 8.43. The Morgan fingerprint density at radius 2 is 2.05 bits per heavy atom. The molecule has 22 heavy (non-hydrogen) atoms. The van der Waals surface area contributed by atoms with Crippen LogP contribution in [0.3, 0.4) is 0 Å². The van der Waals surface area contributed by atoms with Crippen LogP contribution in [0, 0.1) is 0 Å². The van der Waals surface area contributed by atoms with E-state index in [1.807, 2.05) is 4.90 Å². The third-order valence-corrected chi connectivity index (χ3v) is 3.98. The summed E-state index contributed by atoms with van der Waals surface area (Å²) in [7, 11) is 0. The Kier molecular flexibility index (Phi) is 9.08. The number of ether oxygens (including phenoxy) is 1. The number of esters is 1. The Balaban J connectivity index is 2.63. The van der Waals surface area contributed by atoms with Gasteiger partial charge in [0.1, 0.15) is 6.04 Å². The molecule has 1 atom stereocenters. The largest absolute Gasteiger partial charge is 0.464 e. The normalized spacial score (nSPS) is 18.5. The predicted molar refractivity (Wildman–Crippen MR) is 84.4 cm³/mol. The van der Waals surface area contributed by atoms with Crippen molar-refractivity contribution in [2.45, 2.75) is 52.0 Å². The Morgan fingerprint density at radius 1 is 1.27 bits per heavy atom. The van der Waals surface area contributed by atoms with Gasteiger partial charge in [-0.2, -0.15) is 0 Å². The number of hydrogen-bond donors (Lipinski definition) is 1. The molecule has 6 nitrogen and oxygen atoms in total. The van der Waals surface area contributed by atoms with Crippen molar-refractivity contribution >= 4 is 11.9 Å². The Bertz CT molecular complexity index is 349. The lowest BCUT2D eigenvalue weighted by molar-refractivity contribution is -0.157. The van der Waals surface area contributed by atoms with Gasteiger partial charge in [-0.25, -0.2) is 4.79 Å². The number of likely N-dealkylation sites (tertiary alicyclic amines) is 1. The van der Waals surface area contributed by atoms with Gasteiger partial charge in [0, 0.05) is 13.1 Å². The van der Waals surface area contributed by atoms with E-state index >= 15 is 0 Å². The molecule has 0 radical (unpaired) electrons. The maximum absolute atomic E-state index is 12.6. The number of piperidine rings is 1. The first kappa shape index (κ1) is 18.9. The average molecular weight is 314 g/mol. The fourth-order valence-electron chi connectivity index (χ4n) is 2.79. The number of rotatable bonds is 9. The van der Waals surface area contributed by atoms with E-state index in [1.165, 1.54) is 0 Å². The van der Waals surface area contributed by atoms with Gasteiger partial charge in [0.15, 0.2) is 0 Å². The number of carbonyl (C=O) groups is 2. The number of hydrogen-bond acceptors (Lipinski definition) is 5. The van der Waals surface area contributed by atoms with Gasteiger partial charge in [-0.15, -0.1) is 0 Å². The fraction of sp³-hybridized carbons (Fsp3) is 0.875. The van der Waals surface area contributed by atoms with E-state index < -0.39 is 6.04 Å². The molecule has 0 saturated carbocycles. The SMILES string of the molecule is CCCCN(CCO)CC(=O)N1CCCCC1C(=O)OCC. The zero-order valence-electron chi connectivity index (χ0n) is 13.9. The molecule has 0 aromatic rings. The summed E-state index contributed by atoms with van der Waals surface area (Å²) in [5, 5.41) is 9.13. The van der Waals surface area contributed by atoms with Crippen LogP contribution in [0.5, 0.6) is 0 Å². The third-order valence-electron chi connectivity index (χ3n) is 3.98. The van der Waals surface area contributed by atoms with Crippen LogP contribution in [0.4, 0.5) is 0 Å². The molecule has 1 unspecified atom stereocenters. The molecule has 0 aromatic carbocycles. The molecule has 1 amide bonds. The van der Waals surface area contributed by atoms with E-state index in [9.17, 15) is 9.59 Å². The van der Waals surface area contributed by atoms with Crippen molar-refractivity contribution in [3.8, 4) is 0 Å². The highest BCUT2D eigenvalue weighted by Crippen LogP contribution is 2.18. The van der Waals surface area contributed by atoms with E-state index in [0.717, 1.165) is 32.2 Å². The van der Waals surface area contributed by atoms with Crippen molar-refractivity contribution < 1.29 is 19.4 Å². The van der Waals surface area contributed by atoms with Crippen molar-refractivity contribution in [1.29, 1.82) is 0 Å². The van der Waals surface area contributed by atoms with Crippen LogP contribution in [-0.4, -0.2) is 72.2 Å². The lowest BCUT2D eigenvalue weighted by Gasteiger charge is -2.35. The van der Waals surface area contributed by atoms with Gasteiger partial charge in [-0.05, 0) is 39.2 Å². The summed E-state index contributed by atoms with van der Waals surface area (Å²) in [6.07, 6.45) is 4.60. The van der Waals surface area contributed by atoms with Crippen molar-refractivity contribution in [1.82, 2.24) is 9.80 Å². The van der Waals surface area contributed by atoms with Gasteiger partial charge in [0.25, 0.3) is 0 Å². The maximum Gasteiger partial charge on any atom is 0.328 e. The number of amides is 1. The van der Waals surface area contributed by atoms with Gasteiger partial charge in [-0.3, -0.25) is 9.69 Å². The summed E-state index contributed by atoms with van der Waals surface area (Å²) in [5.74, 6) is -0.333. The molecule has 128 valence electrons. The lowest BCUT2D eigenvalue weighted by atomic mass is 10.0. The van der Waals surface area contributed by atoms with Crippen LogP contribution in [0.25, 0.3) is 0 Å². The van der Waals surface area contributed by atoms with Crippen LogP contribution >= 0.6 is 0 Å². The second kappa shape index (κ2) is 10.6. The highest BCUT2D eigenvalue weighted by atomic mass is 16.5. The lowest BCUT2D eigenvalue weighted by Crippen LogP contribution is -2.52. The summed E-state index contributed by atoms with van der Waals surface area (Å²) in [5.41, 5.74) is 0. The standard InChI is InChI=1S/C16H30N2O4/c1-3-5-9-17(11-12-19)13-15(20)18-10-7-6-8-14(18)16(21)22-4-2/h14,19H,3-13H2,1-2H3. The first-order valence-electron chi connectivity index (χ1n) is 8.43. The molecule has 1 rings (SSSR count). The predicted octanol–water partition coefficient (Wildman–Crippen LogP) is 1.03. The molecule has 0 aromatic heterocycles. The second-order valence-corrected chi connectivity index (χ2v) is 5.70. The van der Waals surface area contributed by atoms with E-state index in [4.69, 9.17) is 9.84 Å². The average Bonchev–Trinajstić information content (AvgIpc) is 2.53. The maximum atomic E-state index is 12.6. The van der Waals surface area contributed by atoms with Gasteiger partial charge < -0.3 is 14.7 Å². The van der Waals surface area contributed by atoms with Crippen LogP contribution < -0.4 is 0 Å². The van der Waals surface area contributed by atoms with E-state index in [-0.39, 0.29) is 25.0 Å². The van der Waals surface area contributed by atoms with Crippen molar-refractivity contribution in [2.24, 2.45) is 0 Å². The Morgan fingerprint density at radius 3 is 2.68 bits per heavy atom. The minimum atomic E-state index is -0.441. The summed E-state index contributed by atoms with van der Waals surface area (Å²) < 4.78 is 5.09. The molecule has 0 bridgehead atoms. The molecule has 0 aliphatic carbocycles. The number of carbonyl (C=O) groups excluding carboxylic acids is 2. The topological polar surface area (TPSA) is 70.1 Å². The smallest absolute Gasteiger partial charge is 0.328 e. The van der Waals surface area contributed by atoms with Crippen LogP contribution in [-0.2, 0) is 14.3 Å². The van der Waals surface area contributed by atoms with E-state index in [1.54, 1.807) is 11.8 Å². The van der Waals surface area contributed by atoms with Crippen LogP contribution in [0.2, 0.25) is 0 Å².